The van der Waals surface area contributed by atoms with E-state index in [4.69, 9.17) is 5.26 Å². The Labute approximate surface area is 203 Å². The molecule has 0 radical (unpaired) electrons. The van der Waals surface area contributed by atoms with E-state index in [1.165, 1.54) is 17.8 Å². The topological polar surface area (TPSA) is 96.8 Å². The minimum Gasteiger partial charge on any atom is -0.350 e. The summed E-state index contributed by atoms with van der Waals surface area (Å²) >= 11 is 0. The summed E-state index contributed by atoms with van der Waals surface area (Å²) in [4.78, 5) is 31.7. The maximum Gasteiger partial charge on any atom is 0.272 e. The summed E-state index contributed by atoms with van der Waals surface area (Å²) in [5.41, 5.74) is 4.64. The smallest absolute Gasteiger partial charge is 0.272 e. The van der Waals surface area contributed by atoms with E-state index in [1.54, 1.807) is 30.1 Å². The first kappa shape index (κ1) is 22.5. The number of nitriles is 1. The molecule has 4 aromatic rings. The molecular formula is C27H26N6O2. The van der Waals surface area contributed by atoms with Crippen molar-refractivity contribution in [2.24, 2.45) is 14.1 Å². The Bertz CT molecular complexity index is 1470. The van der Waals surface area contributed by atoms with E-state index in [-0.39, 0.29) is 18.1 Å². The Morgan fingerprint density at radius 2 is 1.89 bits per heavy atom. The van der Waals surface area contributed by atoms with Crippen molar-refractivity contribution < 1.29 is 9.59 Å². The van der Waals surface area contributed by atoms with Crippen molar-refractivity contribution in [1.82, 2.24) is 24.2 Å². The highest BCUT2D eigenvalue weighted by atomic mass is 16.2. The summed E-state index contributed by atoms with van der Waals surface area (Å²) in [5, 5.41) is 14.4. The molecule has 0 saturated carbocycles. The number of carbonyl (C=O) groups is 2. The number of benzene rings is 1. The van der Waals surface area contributed by atoms with E-state index in [0.29, 0.717) is 36.0 Å². The van der Waals surface area contributed by atoms with Crippen LogP contribution in [0.3, 0.4) is 0 Å². The van der Waals surface area contributed by atoms with Gasteiger partial charge in [-0.3, -0.25) is 19.3 Å². The zero-order chi connectivity index (χ0) is 24.5. The van der Waals surface area contributed by atoms with Crippen LogP contribution in [0.2, 0.25) is 0 Å². The monoisotopic (exact) mass is 466 g/mol. The number of nitrogens with zero attached hydrogens (tertiary/aromatic N) is 6. The Morgan fingerprint density at radius 3 is 2.60 bits per heavy atom. The van der Waals surface area contributed by atoms with Crippen LogP contribution in [-0.4, -0.2) is 49.0 Å². The molecule has 1 aliphatic rings. The Morgan fingerprint density at radius 1 is 1.09 bits per heavy atom. The van der Waals surface area contributed by atoms with Crippen LogP contribution in [0.4, 0.5) is 0 Å². The molecule has 1 fully saturated rings. The number of hydrogen-bond donors (Lipinski definition) is 0. The van der Waals surface area contributed by atoms with Gasteiger partial charge in [0.05, 0.1) is 11.6 Å². The number of piperidine rings is 1. The SMILES string of the molecule is Cn1nccc1C(=O)N1CCC(c2cn(C)c3ccc(CC(=O)c4cc(C#N)ccn4)cc23)CC1. The maximum atomic E-state index is 12.9. The van der Waals surface area contributed by atoms with Crippen molar-refractivity contribution in [2.45, 2.75) is 25.2 Å². The van der Waals surface area contributed by atoms with E-state index in [1.807, 2.05) is 18.0 Å². The molecule has 4 heterocycles. The lowest BCUT2D eigenvalue weighted by molar-refractivity contribution is 0.0702. The van der Waals surface area contributed by atoms with Gasteiger partial charge in [-0.25, -0.2) is 0 Å². The fraction of sp³-hybridized carbons (Fsp3) is 0.296. The predicted octanol–water partition coefficient (Wildman–Crippen LogP) is 3.62. The van der Waals surface area contributed by atoms with Gasteiger partial charge >= 0.3 is 0 Å². The average molecular weight is 467 g/mol. The third kappa shape index (κ3) is 4.33. The molecule has 0 N–H and O–H groups in total. The number of carbonyl (C=O) groups excluding carboxylic acids is 2. The third-order valence-electron chi connectivity index (χ3n) is 6.89. The molecule has 8 nitrogen and oxygen atoms in total. The molecule has 0 bridgehead atoms. The summed E-state index contributed by atoms with van der Waals surface area (Å²) in [6.07, 6.45) is 7.32. The van der Waals surface area contributed by atoms with Gasteiger partial charge in [0.25, 0.3) is 5.91 Å². The number of amides is 1. The molecule has 1 aromatic carbocycles. The van der Waals surface area contributed by atoms with E-state index in [0.717, 1.165) is 29.3 Å². The summed E-state index contributed by atoms with van der Waals surface area (Å²) in [7, 11) is 3.82. The summed E-state index contributed by atoms with van der Waals surface area (Å²) in [6, 6.07) is 13.1. The Balaban J connectivity index is 1.34. The highest BCUT2D eigenvalue weighted by molar-refractivity contribution is 5.97. The van der Waals surface area contributed by atoms with Crippen LogP contribution in [0.15, 0.2) is 55.0 Å². The molecule has 176 valence electrons. The number of rotatable bonds is 5. The second-order valence-electron chi connectivity index (χ2n) is 9.09. The molecule has 1 saturated heterocycles. The summed E-state index contributed by atoms with van der Waals surface area (Å²) in [6.45, 7) is 1.40. The van der Waals surface area contributed by atoms with Gasteiger partial charge in [0.1, 0.15) is 11.4 Å². The van der Waals surface area contributed by atoms with Crippen molar-refractivity contribution in [2.75, 3.05) is 13.1 Å². The highest BCUT2D eigenvalue weighted by Crippen LogP contribution is 2.35. The molecule has 8 heteroatoms. The van der Waals surface area contributed by atoms with Crippen molar-refractivity contribution in [3.63, 3.8) is 0 Å². The first-order valence-electron chi connectivity index (χ1n) is 11.7. The van der Waals surface area contributed by atoms with Gasteiger partial charge in [-0.15, -0.1) is 0 Å². The van der Waals surface area contributed by atoms with Crippen molar-refractivity contribution in [1.29, 1.82) is 5.26 Å². The zero-order valence-electron chi connectivity index (χ0n) is 19.8. The molecule has 0 atom stereocenters. The molecule has 0 aliphatic carbocycles. The van der Waals surface area contributed by atoms with E-state index in [2.05, 4.69) is 39.0 Å². The van der Waals surface area contributed by atoms with Crippen LogP contribution in [0.1, 0.15) is 56.4 Å². The lowest BCUT2D eigenvalue weighted by Gasteiger charge is -2.32. The van der Waals surface area contributed by atoms with Crippen molar-refractivity contribution >= 4 is 22.6 Å². The van der Waals surface area contributed by atoms with Gasteiger partial charge < -0.3 is 9.47 Å². The van der Waals surface area contributed by atoms with Crippen LogP contribution < -0.4 is 0 Å². The average Bonchev–Trinajstić information content (AvgIpc) is 3.46. The number of likely N-dealkylation sites (tertiary alicyclic amines) is 1. The minimum absolute atomic E-state index is 0.0243. The fourth-order valence-electron chi connectivity index (χ4n) is 4.97. The van der Waals surface area contributed by atoms with E-state index in [9.17, 15) is 9.59 Å². The normalized spacial score (nSPS) is 14.3. The summed E-state index contributed by atoms with van der Waals surface area (Å²) < 4.78 is 3.75. The van der Waals surface area contributed by atoms with Gasteiger partial charge in [0.2, 0.25) is 0 Å². The quantitative estimate of drug-likeness (QED) is 0.419. The van der Waals surface area contributed by atoms with Gasteiger partial charge in [0, 0.05) is 63.1 Å². The highest BCUT2D eigenvalue weighted by Gasteiger charge is 2.27. The Hall–Kier alpha value is -4.25. The zero-order valence-corrected chi connectivity index (χ0v) is 19.8. The largest absolute Gasteiger partial charge is 0.350 e. The lowest BCUT2D eigenvalue weighted by atomic mass is 9.88. The maximum absolute atomic E-state index is 12.9. The number of hydrogen-bond acceptors (Lipinski definition) is 5. The number of aromatic nitrogens is 4. The van der Waals surface area contributed by atoms with Crippen LogP contribution in [0, 0.1) is 11.3 Å². The van der Waals surface area contributed by atoms with E-state index >= 15 is 0 Å². The van der Waals surface area contributed by atoms with Gasteiger partial charge in [0.15, 0.2) is 5.78 Å². The van der Waals surface area contributed by atoms with Crippen LogP contribution in [-0.2, 0) is 20.5 Å². The van der Waals surface area contributed by atoms with Gasteiger partial charge in [-0.2, -0.15) is 10.4 Å². The lowest BCUT2D eigenvalue weighted by Crippen LogP contribution is -2.38. The molecule has 35 heavy (non-hydrogen) atoms. The first-order valence-corrected chi connectivity index (χ1v) is 11.7. The summed E-state index contributed by atoms with van der Waals surface area (Å²) in [5.74, 6) is 0.256. The first-order chi connectivity index (χ1) is 16.9. The molecule has 3 aromatic heterocycles. The molecule has 5 rings (SSSR count). The minimum atomic E-state index is -0.110. The fourth-order valence-corrected chi connectivity index (χ4v) is 4.97. The number of aryl methyl sites for hydroxylation is 2. The molecule has 1 amide bonds. The van der Waals surface area contributed by atoms with Crippen molar-refractivity contribution in [3.8, 4) is 6.07 Å². The molecular weight excluding hydrogens is 440 g/mol. The Kier molecular flexibility index (Phi) is 5.91. The van der Waals surface area contributed by atoms with Crippen LogP contribution >= 0.6 is 0 Å². The predicted molar refractivity (Wildman–Crippen MR) is 131 cm³/mol. The number of fused-ring (bicyclic) bond motifs is 1. The second kappa shape index (κ2) is 9.18. The molecule has 0 unspecified atom stereocenters. The number of Topliss-reactive ketones (excluding diaryl/α,β-unsaturated/α-hetero) is 1. The molecule has 1 aliphatic heterocycles. The standard InChI is InChI=1S/C27H26N6O2/c1-31-17-22(20-7-11-33(12-8-20)27(35)25-6-10-30-32(25)2)21-13-18(3-4-24(21)31)15-26(34)23-14-19(16-28)5-9-29-23/h3-6,9-10,13-14,17,20H,7-8,11-12,15H2,1-2H3. The van der Waals surface area contributed by atoms with Crippen LogP contribution in [0.5, 0.6) is 0 Å². The van der Waals surface area contributed by atoms with Crippen molar-refractivity contribution in [3.05, 3.63) is 83.1 Å². The number of ketones is 1. The van der Waals surface area contributed by atoms with E-state index < -0.39 is 0 Å². The van der Waals surface area contributed by atoms with Crippen LogP contribution in [0.25, 0.3) is 10.9 Å². The van der Waals surface area contributed by atoms with Gasteiger partial charge in [-0.1, -0.05) is 6.07 Å². The molecule has 0 spiro atoms. The second-order valence-corrected chi connectivity index (χ2v) is 9.09. The van der Waals surface area contributed by atoms with Gasteiger partial charge in [-0.05, 0) is 60.2 Å². The third-order valence-corrected chi connectivity index (χ3v) is 6.89. The number of pyridine rings is 1.